The molecule has 18 heavy (non-hydrogen) atoms. The molecule has 0 spiro atoms. The van der Waals surface area contributed by atoms with Crippen LogP contribution in [0.25, 0.3) is 0 Å². The second kappa shape index (κ2) is 5.86. The summed E-state index contributed by atoms with van der Waals surface area (Å²) in [5.74, 6) is 2.01. The fourth-order valence-electron chi connectivity index (χ4n) is 2.32. The highest BCUT2D eigenvalue weighted by atomic mass is 16.5. The number of nitrogen functional groups attached to an aromatic ring is 1. The van der Waals surface area contributed by atoms with E-state index in [2.05, 4.69) is 22.2 Å². The molecule has 1 saturated heterocycles. The van der Waals surface area contributed by atoms with Crippen molar-refractivity contribution in [2.75, 3.05) is 31.3 Å². The van der Waals surface area contributed by atoms with E-state index in [-0.39, 0.29) is 0 Å². The summed E-state index contributed by atoms with van der Waals surface area (Å²) in [4.78, 5) is 8.05. The molecule has 2 atom stereocenters. The van der Waals surface area contributed by atoms with Gasteiger partial charge in [-0.3, -0.25) is 0 Å². The molecule has 3 N–H and O–H groups in total. The minimum absolute atomic E-state index is 0.336. The SMILES string of the molecule is CCC1OCCC1CNc1ncnc(N)c1OC. The summed E-state index contributed by atoms with van der Waals surface area (Å²) in [5.41, 5.74) is 5.73. The van der Waals surface area contributed by atoms with Gasteiger partial charge in [0.05, 0.1) is 13.2 Å². The van der Waals surface area contributed by atoms with Gasteiger partial charge < -0.3 is 20.5 Å². The zero-order valence-electron chi connectivity index (χ0n) is 10.8. The Morgan fingerprint density at radius 3 is 3.11 bits per heavy atom. The Morgan fingerprint density at radius 2 is 2.39 bits per heavy atom. The predicted octanol–water partition coefficient (Wildman–Crippen LogP) is 1.29. The van der Waals surface area contributed by atoms with E-state index in [1.807, 2.05) is 0 Å². The van der Waals surface area contributed by atoms with E-state index >= 15 is 0 Å². The number of aromatic nitrogens is 2. The van der Waals surface area contributed by atoms with Crippen molar-refractivity contribution < 1.29 is 9.47 Å². The van der Waals surface area contributed by atoms with E-state index in [4.69, 9.17) is 15.2 Å². The quantitative estimate of drug-likeness (QED) is 0.821. The molecule has 0 amide bonds. The highest BCUT2D eigenvalue weighted by molar-refractivity contribution is 5.61. The molecular formula is C12H20N4O2. The Kier molecular flexibility index (Phi) is 4.19. The first-order valence-electron chi connectivity index (χ1n) is 6.26. The van der Waals surface area contributed by atoms with Crippen LogP contribution in [0, 0.1) is 5.92 Å². The van der Waals surface area contributed by atoms with Crippen molar-refractivity contribution in [3.8, 4) is 5.75 Å². The van der Waals surface area contributed by atoms with E-state index in [1.54, 1.807) is 7.11 Å². The van der Waals surface area contributed by atoms with Crippen molar-refractivity contribution in [2.24, 2.45) is 5.92 Å². The van der Waals surface area contributed by atoms with E-state index in [0.29, 0.717) is 29.4 Å². The summed E-state index contributed by atoms with van der Waals surface area (Å²) in [5, 5.41) is 3.28. The topological polar surface area (TPSA) is 82.3 Å². The van der Waals surface area contributed by atoms with Crippen LogP contribution in [-0.2, 0) is 4.74 Å². The maximum absolute atomic E-state index is 5.73. The van der Waals surface area contributed by atoms with Crippen LogP contribution in [0.1, 0.15) is 19.8 Å². The van der Waals surface area contributed by atoms with Gasteiger partial charge in [0.15, 0.2) is 11.6 Å². The molecule has 1 aromatic heterocycles. The third kappa shape index (κ3) is 2.64. The number of hydrogen-bond acceptors (Lipinski definition) is 6. The van der Waals surface area contributed by atoms with Gasteiger partial charge in [-0.1, -0.05) is 6.92 Å². The molecule has 0 bridgehead atoms. The number of hydrogen-bond donors (Lipinski definition) is 2. The van der Waals surface area contributed by atoms with E-state index in [9.17, 15) is 0 Å². The molecule has 0 saturated carbocycles. The predicted molar refractivity (Wildman–Crippen MR) is 69.6 cm³/mol. The first-order valence-corrected chi connectivity index (χ1v) is 6.26. The Morgan fingerprint density at radius 1 is 1.56 bits per heavy atom. The highest BCUT2D eigenvalue weighted by Gasteiger charge is 2.26. The number of ether oxygens (including phenoxy) is 2. The average molecular weight is 252 g/mol. The van der Waals surface area contributed by atoms with Crippen LogP contribution in [-0.4, -0.2) is 36.3 Å². The van der Waals surface area contributed by atoms with Gasteiger partial charge >= 0.3 is 0 Å². The molecule has 1 aromatic rings. The lowest BCUT2D eigenvalue weighted by Crippen LogP contribution is -2.23. The number of nitrogens with zero attached hydrogens (tertiary/aromatic N) is 2. The first-order chi connectivity index (χ1) is 8.76. The minimum atomic E-state index is 0.336. The monoisotopic (exact) mass is 252 g/mol. The van der Waals surface area contributed by atoms with Crippen molar-refractivity contribution >= 4 is 11.6 Å². The normalized spacial score (nSPS) is 23.0. The molecule has 1 aliphatic heterocycles. The summed E-state index contributed by atoms with van der Waals surface area (Å²) >= 11 is 0. The van der Waals surface area contributed by atoms with Gasteiger partial charge in [-0.05, 0) is 12.8 Å². The lowest BCUT2D eigenvalue weighted by Gasteiger charge is -2.18. The van der Waals surface area contributed by atoms with Crippen LogP contribution in [0.2, 0.25) is 0 Å². The molecule has 2 rings (SSSR count). The molecule has 6 nitrogen and oxygen atoms in total. The molecule has 1 aliphatic rings. The number of nitrogens with two attached hydrogens (primary N) is 1. The van der Waals surface area contributed by atoms with Gasteiger partial charge in [0.2, 0.25) is 5.75 Å². The summed E-state index contributed by atoms with van der Waals surface area (Å²) in [6.45, 7) is 3.80. The lowest BCUT2D eigenvalue weighted by molar-refractivity contribution is 0.0900. The van der Waals surface area contributed by atoms with E-state index in [1.165, 1.54) is 6.33 Å². The summed E-state index contributed by atoms with van der Waals surface area (Å²) < 4.78 is 10.9. The van der Waals surface area contributed by atoms with Gasteiger partial charge in [-0.2, -0.15) is 0 Å². The largest absolute Gasteiger partial charge is 0.490 e. The highest BCUT2D eigenvalue weighted by Crippen LogP contribution is 2.28. The van der Waals surface area contributed by atoms with Crippen molar-refractivity contribution in [3.63, 3.8) is 0 Å². The second-order valence-electron chi connectivity index (χ2n) is 4.39. The van der Waals surface area contributed by atoms with Crippen LogP contribution in [0.4, 0.5) is 11.6 Å². The van der Waals surface area contributed by atoms with Gasteiger partial charge in [-0.15, -0.1) is 0 Å². The van der Waals surface area contributed by atoms with Gasteiger partial charge in [-0.25, -0.2) is 9.97 Å². The lowest BCUT2D eigenvalue weighted by atomic mass is 10.00. The van der Waals surface area contributed by atoms with Gasteiger partial charge in [0.1, 0.15) is 6.33 Å². The fourth-order valence-corrected chi connectivity index (χ4v) is 2.32. The summed E-state index contributed by atoms with van der Waals surface area (Å²) in [7, 11) is 1.56. The van der Waals surface area contributed by atoms with Crippen molar-refractivity contribution in [3.05, 3.63) is 6.33 Å². The van der Waals surface area contributed by atoms with E-state index in [0.717, 1.165) is 26.0 Å². The second-order valence-corrected chi connectivity index (χ2v) is 4.39. The molecule has 1 fully saturated rings. The number of methoxy groups -OCH3 is 1. The zero-order chi connectivity index (χ0) is 13.0. The fraction of sp³-hybridized carbons (Fsp3) is 0.667. The standard InChI is InChI=1S/C12H20N4O2/c1-3-9-8(4-5-18-9)6-14-12-10(17-2)11(13)15-7-16-12/h7-9H,3-6H2,1-2H3,(H3,13,14,15,16). The molecule has 0 aliphatic carbocycles. The maximum atomic E-state index is 5.73. The molecule has 0 radical (unpaired) electrons. The first kappa shape index (κ1) is 12.9. The molecule has 6 heteroatoms. The Bertz CT molecular complexity index is 400. The Hall–Kier alpha value is -1.56. The zero-order valence-corrected chi connectivity index (χ0v) is 10.8. The summed E-state index contributed by atoms with van der Waals surface area (Å²) in [6.07, 6.45) is 3.88. The van der Waals surface area contributed by atoms with Crippen LogP contribution >= 0.6 is 0 Å². The molecule has 0 aromatic carbocycles. The molecular weight excluding hydrogens is 232 g/mol. The van der Waals surface area contributed by atoms with Crippen LogP contribution in [0.15, 0.2) is 6.33 Å². The number of rotatable bonds is 5. The van der Waals surface area contributed by atoms with Crippen molar-refractivity contribution in [1.82, 2.24) is 9.97 Å². The van der Waals surface area contributed by atoms with Gasteiger partial charge in [0.25, 0.3) is 0 Å². The smallest absolute Gasteiger partial charge is 0.203 e. The Balaban J connectivity index is 2.00. The van der Waals surface area contributed by atoms with Crippen LogP contribution in [0.5, 0.6) is 5.75 Å². The van der Waals surface area contributed by atoms with Crippen molar-refractivity contribution in [2.45, 2.75) is 25.9 Å². The third-order valence-electron chi connectivity index (χ3n) is 3.32. The van der Waals surface area contributed by atoms with E-state index < -0.39 is 0 Å². The molecule has 2 unspecified atom stereocenters. The minimum Gasteiger partial charge on any atom is -0.490 e. The van der Waals surface area contributed by atoms with Gasteiger partial charge in [0, 0.05) is 19.1 Å². The number of nitrogens with one attached hydrogen (secondary N) is 1. The summed E-state index contributed by atoms with van der Waals surface area (Å²) in [6, 6.07) is 0. The average Bonchev–Trinajstić information content (AvgIpc) is 2.83. The Labute approximate surface area is 107 Å². The third-order valence-corrected chi connectivity index (χ3v) is 3.32. The van der Waals surface area contributed by atoms with Crippen LogP contribution < -0.4 is 15.8 Å². The van der Waals surface area contributed by atoms with Crippen LogP contribution in [0.3, 0.4) is 0 Å². The molecule has 2 heterocycles. The maximum Gasteiger partial charge on any atom is 0.203 e. The number of anilines is 2. The molecule has 100 valence electrons. The van der Waals surface area contributed by atoms with Crippen molar-refractivity contribution in [1.29, 1.82) is 0 Å².